The van der Waals surface area contributed by atoms with Crippen LogP contribution < -0.4 is 5.73 Å². The molecule has 0 fully saturated rings. The Kier molecular flexibility index (Phi) is 5.45. The third-order valence-corrected chi connectivity index (χ3v) is 4.67. The van der Waals surface area contributed by atoms with Crippen molar-refractivity contribution in [1.82, 2.24) is 9.97 Å². The number of ether oxygens (including phenoxy) is 1. The summed E-state index contributed by atoms with van der Waals surface area (Å²) in [4.78, 5) is 19.0. The van der Waals surface area contributed by atoms with Gasteiger partial charge in [-0.25, -0.2) is 4.79 Å². The van der Waals surface area contributed by atoms with Crippen LogP contribution in [-0.2, 0) is 21.7 Å². The van der Waals surface area contributed by atoms with E-state index in [9.17, 15) is 9.35 Å². The third-order valence-electron chi connectivity index (χ3n) is 3.47. The van der Waals surface area contributed by atoms with Gasteiger partial charge < -0.3 is 20.5 Å². The maximum atomic E-state index is 12.5. The first-order chi connectivity index (χ1) is 11.1. The van der Waals surface area contributed by atoms with E-state index in [1.54, 1.807) is 18.2 Å². The van der Waals surface area contributed by atoms with E-state index in [-0.39, 0.29) is 22.5 Å². The number of aromatic amines is 1. The highest BCUT2D eigenvalue weighted by molar-refractivity contribution is 7.90. The van der Waals surface area contributed by atoms with Crippen molar-refractivity contribution in [3.05, 3.63) is 53.6 Å². The average Bonchev–Trinajstić information content (AvgIpc) is 3.00. The van der Waals surface area contributed by atoms with Gasteiger partial charge in [0.1, 0.15) is 5.75 Å². The van der Waals surface area contributed by atoms with Gasteiger partial charge in [-0.1, -0.05) is 24.3 Å². The summed E-state index contributed by atoms with van der Waals surface area (Å²) in [5, 5.41) is 0.383. The van der Waals surface area contributed by atoms with Crippen molar-refractivity contribution in [3.8, 4) is 0 Å². The highest BCUT2D eigenvalue weighted by Gasteiger charge is 2.21. The number of carbonyl (C=O) groups excluding carboxylic acids is 1. The zero-order chi connectivity index (χ0) is 16.4. The molecule has 1 unspecified atom stereocenters. The zero-order valence-corrected chi connectivity index (χ0v) is 13.7. The van der Waals surface area contributed by atoms with Crippen LogP contribution in [0.25, 0.3) is 11.0 Å². The number of rotatable bonds is 4. The Labute approximate surface area is 141 Å². The molecule has 1 atom stereocenters. The minimum atomic E-state index is -1.40. The normalized spacial score (nSPS) is 11.8. The van der Waals surface area contributed by atoms with Crippen molar-refractivity contribution in [1.29, 1.82) is 0 Å². The van der Waals surface area contributed by atoms with Gasteiger partial charge in [0.2, 0.25) is 0 Å². The number of para-hydroxylation sites is 3. The third kappa shape index (κ3) is 3.35. The lowest BCUT2D eigenvalue weighted by Gasteiger charge is -2.11. The van der Waals surface area contributed by atoms with E-state index in [0.29, 0.717) is 10.7 Å². The number of nitrogen functional groups attached to an aromatic ring is 1. The summed E-state index contributed by atoms with van der Waals surface area (Å²) in [6.45, 7) is 0. The van der Waals surface area contributed by atoms with Crippen LogP contribution in [-0.4, -0.2) is 33.1 Å². The van der Waals surface area contributed by atoms with E-state index in [2.05, 4.69) is 14.7 Å². The smallest absolute Gasteiger partial charge is 0.339 e. The molecular weight excluding hydrogens is 330 g/mol. The maximum absolute atomic E-state index is 12.5. The number of anilines is 1. The van der Waals surface area contributed by atoms with Gasteiger partial charge in [-0.15, -0.1) is 0 Å². The van der Waals surface area contributed by atoms with E-state index < -0.39 is 17.1 Å². The highest BCUT2D eigenvalue weighted by atomic mass is 32.2. The first kappa shape index (κ1) is 17.8. The van der Waals surface area contributed by atoms with Gasteiger partial charge in [0, 0.05) is 16.7 Å². The van der Waals surface area contributed by atoms with Crippen LogP contribution in [0, 0.1) is 0 Å². The second-order valence-electron chi connectivity index (χ2n) is 4.92. The molecule has 0 amide bonds. The van der Waals surface area contributed by atoms with Gasteiger partial charge in [0.25, 0.3) is 0 Å². The first-order valence-corrected chi connectivity index (χ1v) is 8.21. The Bertz CT molecular complexity index is 832. The molecule has 126 valence electrons. The summed E-state index contributed by atoms with van der Waals surface area (Å²) >= 11 is -1.40. The fourth-order valence-corrected chi connectivity index (χ4v) is 3.37. The second-order valence-corrected chi connectivity index (χ2v) is 6.29. The number of esters is 1. The topological polar surface area (TPSA) is 136 Å². The lowest BCUT2D eigenvalue weighted by molar-refractivity contribution is 0.0602. The molecule has 0 bridgehead atoms. The molecule has 0 saturated heterocycles. The van der Waals surface area contributed by atoms with Crippen LogP contribution in [0.1, 0.15) is 15.9 Å². The van der Waals surface area contributed by atoms with Crippen molar-refractivity contribution < 1.29 is 19.6 Å². The minimum Gasteiger partial charge on any atom is -0.609 e. The summed E-state index contributed by atoms with van der Waals surface area (Å²) in [5.41, 5.74) is 8.75. The molecule has 8 heteroatoms. The largest absolute Gasteiger partial charge is 0.609 e. The molecule has 1 heterocycles. The standard InChI is InChI=1S/C16H15N3O3S.H2O/c1-22-15(20)11-6-4-5-10(14(11)17)9-23(21)16-18-12-7-2-3-8-13(12)19-16;/h2-8H,9,17H2,1H3,(H,18,19);1H2. The minimum absolute atomic E-state index is 0. The lowest BCUT2D eigenvalue weighted by Crippen LogP contribution is -2.12. The molecule has 0 aliphatic carbocycles. The van der Waals surface area contributed by atoms with Gasteiger partial charge in [-0.2, -0.15) is 4.98 Å². The van der Waals surface area contributed by atoms with Crippen molar-refractivity contribution in [3.63, 3.8) is 0 Å². The number of hydrogen-bond acceptors (Lipinski definition) is 5. The Morgan fingerprint density at radius 1 is 1.29 bits per heavy atom. The Balaban J connectivity index is 0.00000208. The fraction of sp³-hybridized carbons (Fsp3) is 0.125. The zero-order valence-electron chi connectivity index (χ0n) is 12.9. The monoisotopic (exact) mass is 347 g/mol. The molecule has 0 saturated carbocycles. The Morgan fingerprint density at radius 3 is 2.75 bits per heavy atom. The van der Waals surface area contributed by atoms with Gasteiger partial charge in [0.05, 0.1) is 29.4 Å². The van der Waals surface area contributed by atoms with Gasteiger partial charge in [0.15, 0.2) is 0 Å². The van der Waals surface area contributed by atoms with E-state index in [1.807, 2.05) is 24.3 Å². The first-order valence-electron chi connectivity index (χ1n) is 6.89. The number of hydrogen-bond donors (Lipinski definition) is 2. The molecule has 1 aromatic heterocycles. The van der Waals surface area contributed by atoms with Crippen LogP contribution in [0.4, 0.5) is 5.69 Å². The molecule has 0 radical (unpaired) electrons. The SMILES string of the molecule is COC(=O)c1cccc(C[S+]([O-])c2nc3ccccc3[nH]2)c1N.O. The summed E-state index contributed by atoms with van der Waals surface area (Å²) in [6.07, 6.45) is 0. The predicted molar refractivity (Wildman–Crippen MR) is 92.0 cm³/mol. The molecule has 3 aromatic rings. The van der Waals surface area contributed by atoms with Crippen molar-refractivity contribution in [2.24, 2.45) is 0 Å². The molecular formula is C16H17N3O4S. The van der Waals surface area contributed by atoms with Gasteiger partial charge in [-0.05, 0) is 18.2 Å². The number of nitrogens with two attached hydrogens (primary N) is 1. The van der Waals surface area contributed by atoms with E-state index >= 15 is 0 Å². The molecule has 2 aromatic carbocycles. The molecule has 7 nitrogen and oxygen atoms in total. The van der Waals surface area contributed by atoms with Gasteiger partial charge in [-0.3, -0.25) is 4.98 Å². The second kappa shape index (κ2) is 7.35. The van der Waals surface area contributed by atoms with E-state index in [4.69, 9.17) is 5.73 Å². The maximum Gasteiger partial charge on any atom is 0.339 e. The van der Waals surface area contributed by atoms with Crippen LogP contribution in [0.3, 0.4) is 0 Å². The van der Waals surface area contributed by atoms with Crippen LogP contribution in [0.2, 0.25) is 0 Å². The number of methoxy groups -OCH3 is 1. The number of carbonyl (C=O) groups is 1. The van der Waals surface area contributed by atoms with Crippen molar-refractivity contribution >= 4 is 33.9 Å². The molecule has 0 spiro atoms. The number of H-pyrrole nitrogens is 1. The van der Waals surface area contributed by atoms with Crippen LogP contribution in [0.15, 0.2) is 47.6 Å². The Hall–Kier alpha value is -2.55. The Morgan fingerprint density at radius 2 is 2.04 bits per heavy atom. The van der Waals surface area contributed by atoms with Gasteiger partial charge >= 0.3 is 11.1 Å². The summed E-state index contributed by atoms with van der Waals surface area (Å²) < 4.78 is 17.2. The number of fused-ring (bicyclic) bond motifs is 1. The molecule has 0 aliphatic rings. The number of aromatic nitrogens is 2. The van der Waals surface area contributed by atoms with E-state index in [0.717, 1.165) is 11.0 Å². The summed E-state index contributed by atoms with van der Waals surface area (Å²) in [5.74, 6) is -0.352. The quantitative estimate of drug-likeness (QED) is 0.418. The number of nitrogens with one attached hydrogen (secondary N) is 1. The summed E-state index contributed by atoms with van der Waals surface area (Å²) in [6, 6.07) is 12.5. The van der Waals surface area contributed by atoms with Crippen molar-refractivity contribution in [2.75, 3.05) is 12.8 Å². The molecule has 3 rings (SSSR count). The molecule has 0 aliphatic heterocycles. The fourth-order valence-electron chi connectivity index (χ4n) is 2.27. The van der Waals surface area contributed by atoms with Crippen LogP contribution in [0.5, 0.6) is 0 Å². The number of imidazole rings is 1. The van der Waals surface area contributed by atoms with Crippen molar-refractivity contribution in [2.45, 2.75) is 10.9 Å². The number of benzene rings is 2. The highest BCUT2D eigenvalue weighted by Crippen LogP contribution is 2.24. The van der Waals surface area contributed by atoms with Crippen LogP contribution >= 0.6 is 0 Å². The average molecular weight is 347 g/mol. The predicted octanol–water partition coefficient (Wildman–Crippen LogP) is 1.41. The molecule has 5 N–H and O–H groups in total. The van der Waals surface area contributed by atoms with E-state index in [1.165, 1.54) is 7.11 Å². The molecule has 24 heavy (non-hydrogen) atoms. The summed E-state index contributed by atoms with van der Waals surface area (Å²) in [7, 11) is 1.29. The lowest BCUT2D eigenvalue weighted by atomic mass is 10.1. The number of nitrogens with zero attached hydrogens (tertiary/aromatic N) is 1.